The van der Waals surface area contributed by atoms with Crippen molar-refractivity contribution in [2.75, 3.05) is 7.11 Å². The summed E-state index contributed by atoms with van der Waals surface area (Å²) in [5.74, 6) is 0.583. The molecule has 0 unspecified atom stereocenters. The monoisotopic (exact) mass is 243 g/mol. The summed E-state index contributed by atoms with van der Waals surface area (Å²) < 4.78 is 6.54. The van der Waals surface area contributed by atoms with E-state index in [9.17, 15) is 9.59 Å². The molecule has 92 valence electrons. The number of nitrogens with zero attached hydrogens (tertiary/aromatic N) is 1. The standard InChI is InChI=1S/C14H13NO3/c1-10(16)11-6-7-14(17)15(9-11)12-4-3-5-13(8-12)18-2/h3-9H,1-2H3. The number of rotatable bonds is 3. The molecule has 0 aliphatic heterocycles. The van der Waals surface area contributed by atoms with Crippen molar-refractivity contribution in [3.63, 3.8) is 0 Å². The van der Waals surface area contributed by atoms with Gasteiger partial charge >= 0.3 is 0 Å². The van der Waals surface area contributed by atoms with Gasteiger partial charge in [-0.25, -0.2) is 0 Å². The highest BCUT2D eigenvalue weighted by Crippen LogP contribution is 2.15. The third-order valence-corrected chi connectivity index (χ3v) is 2.65. The van der Waals surface area contributed by atoms with Gasteiger partial charge in [0.15, 0.2) is 5.78 Å². The molecule has 0 radical (unpaired) electrons. The Bertz CT molecular complexity index is 643. The summed E-state index contributed by atoms with van der Waals surface area (Å²) in [5, 5.41) is 0. The Morgan fingerprint density at radius 3 is 2.67 bits per heavy atom. The minimum absolute atomic E-state index is 0.0772. The van der Waals surface area contributed by atoms with Crippen molar-refractivity contribution in [3.8, 4) is 11.4 Å². The molecule has 1 heterocycles. The number of aromatic nitrogens is 1. The summed E-state index contributed by atoms with van der Waals surface area (Å²) >= 11 is 0. The van der Waals surface area contributed by atoms with E-state index in [1.807, 2.05) is 0 Å². The molecule has 0 aliphatic rings. The van der Waals surface area contributed by atoms with Crippen molar-refractivity contribution in [1.29, 1.82) is 0 Å². The van der Waals surface area contributed by atoms with E-state index in [4.69, 9.17) is 4.74 Å². The third-order valence-electron chi connectivity index (χ3n) is 2.65. The number of ether oxygens (including phenoxy) is 1. The van der Waals surface area contributed by atoms with Gasteiger partial charge in [0, 0.05) is 23.9 Å². The van der Waals surface area contributed by atoms with E-state index in [1.54, 1.807) is 37.6 Å². The highest BCUT2D eigenvalue weighted by Gasteiger charge is 2.05. The Morgan fingerprint density at radius 2 is 2.00 bits per heavy atom. The Hall–Kier alpha value is -2.36. The van der Waals surface area contributed by atoms with Gasteiger partial charge in [0.2, 0.25) is 0 Å². The van der Waals surface area contributed by atoms with Gasteiger partial charge in [0.1, 0.15) is 5.75 Å². The molecule has 0 aliphatic carbocycles. The molecule has 0 saturated carbocycles. The molecule has 0 amide bonds. The van der Waals surface area contributed by atoms with Crippen LogP contribution in [0, 0.1) is 0 Å². The smallest absolute Gasteiger partial charge is 0.255 e. The number of hydrogen-bond donors (Lipinski definition) is 0. The number of benzene rings is 1. The van der Waals surface area contributed by atoms with Crippen LogP contribution in [-0.2, 0) is 0 Å². The highest BCUT2D eigenvalue weighted by atomic mass is 16.5. The fraction of sp³-hybridized carbons (Fsp3) is 0.143. The molecule has 4 heteroatoms. The number of ketones is 1. The summed E-state index contributed by atoms with van der Waals surface area (Å²) in [6, 6.07) is 10.0. The summed E-state index contributed by atoms with van der Waals surface area (Å²) in [4.78, 5) is 23.1. The van der Waals surface area contributed by atoms with E-state index >= 15 is 0 Å². The maximum absolute atomic E-state index is 11.8. The molecule has 0 fully saturated rings. The first-order valence-electron chi connectivity index (χ1n) is 5.50. The predicted molar refractivity (Wildman–Crippen MR) is 68.6 cm³/mol. The number of carbonyl (C=O) groups is 1. The summed E-state index contributed by atoms with van der Waals surface area (Å²) in [5.41, 5.74) is 0.980. The Kier molecular flexibility index (Phi) is 3.28. The van der Waals surface area contributed by atoms with E-state index in [-0.39, 0.29) is 11.3 Å². The lowest BCUT2D eigenvalue weighted by Crippen LogP contribution is -2.17. The average Bonchev–Trinajstić information content (AvgIpc) is 2.39. The van der Waals surface area contributed by atoms with Crippen LogP contribution in [0.25, 0.3) is 5.69 Å². The maximum atomic E-state index is 11.8. The van der Waals surface area contributed by atoms with Gasteiger partial charge < -0.3 is 4.74 Å². The van der Waals surface area contributed by atoms with Crippen molar-refractivity contribution in [2.45, 2.75) is 6.92 Å². The SMILES string of the molecule is COc1cccc(-n2cc(C(C)=O)ccc2=O)c1. The molecule has 0 saturated heterocycles. The lowest BCUT2D eigenvalue weighted by atomic mass is 10.2. The Balaban J connectivity index is 2.58. The van der Waals surface area contributed by atoms with Crippen LogP contribution in [0.15, 0.2) is 47.4 Å². The molecular weight excluding hydrogens is 230 g/mol. The van der Waals surface area contributed by atoms with E-state index in [1.165, 1.54) is 23.6 Å². The largest absolute Gasteiger partial charge is 0.497 e. The molecule has 18 heavy (non-hydrogen) atoms. The molecule has 1 aromatic heterocycles. The van der Waals surface area contributed by atoms with Crippen LogP contribution < -0.4 is 10.3 Å². The summed E-state index contributed by atoms with van der Waals surface area (Å²) in [6.07, 6.45) is 1.54. The fourth-order valence-corrected chi connectivity index (χ4v) is 1.66. The molecule has 4 nitrogen and oxygen atoms in total. The number of Topliss-reactive ketones (excluding diaryl/α,β-unsaturated/α-hetero) is 1. The predicted octanol–water partition coefficient (Wildman–Crippen LogP) is 2.05. The lowest BCUT2D eigenvalue weighted by molar-refractivity contribution is 0.101. The first-order chi connectivity index (χ1) is 8.61. The van der Waals surface area contributed by atoms with Crippen LogP contribution in [0.2, 0.25) is 0 Å². The van der Waals surface area contributed by atoms with Gasteiger partial charge in [-0.1, -0.05) is 6.07 Å². The summed E-state index contributed by atoms with van der Waals surface area (Å²) in [6.45, 7) is 1.47. The first-order valence-corrected chi connectivity index (χ1v) is 5.50. The summed E-state index contributed by atoms with van der Waals surface area (Å²) in [7, 11) is 1.56. The van der Waals surface area contributed by atoms with Crippen molar-refractivity contribution in [1.82, 2.24) is 4.57 Å². The first kappa shape index (κ1) is 12.1. The third kappa shape index (κ3) is 2.32. The van der Waals surface area contributed by atoms with E-state index < -0.39 is 0 Å². The van der Waals surface area contributed by atoms with Crippen LogP contribution in [0.1, 0.15) is 17.3 Å². The van der Waals surface area contributed by atoms with Crippen molar-refractivity contribution in [3.05, 3.63) is 58.5 Å². The fourth-order valence-electron chi connectivity index (χ4n) is 1.66. The normalized spacial score (nSPS) is 10.1. The van der Waals surface area contributed by atoms with Crippen molar-refractivity contribution in [2.24, 2.45) is 0 Å². The molecule has 0 spiro atoms. The van der Waals surface area contributed by atoms with Gasteiger partial charge in [-0.2, -0.15) is 0 Å². The second kappa shape index (κ2) is 4.87. The lowest BCUT2D eigenvalue weighted by Gasteiger charge is -2.08. The van der Waals surface area contributed by atoms with Gasteiger partial charge in [0.25, 0.3) is 5.56 Å². The quantitative estimate of drug-likeness (QED) is 0.775. The Labute approximate surface area is 104 Å². The van der Waals surface area contributed by atoms with E-state index in [0.29, 0.717) is 17.0 Å². The molecule has 2 aromatic rings. The number of hydrogen-bond acceptors (Lipinski definition) is 3. The molecular formula is C14H13NO3. The molecule has 0 N–H and O–H groups in total. The Morgan fingerprint density at radius 1 is 1.22 bits per heavy atom. The molecule has 1 aromatic carbocycles. The number of carbonyl (C=O) groups excluding carboxylic acids is 1. The topological polar surface area (TPSA) is 48.3 Å². The second-order valence-corrected chi connectivity index (χ2v) is 3.88. The maximum Gasteiger partial charge on any atom is 0.255 e. The van der Waals surface area contributed by atoms with E-state index in [0.717, 1.165) is 0 Å². The molecule has 0 bridgehead atoms. The van der Waals surface area contributed by atoms with Crippen molar-refractivity contribution < 1.29 is 9.53 Å². The zero-order chi connectivity index (χ0) is 13.1. The van der Waals surface area contributed by atoms with Crippen LogP contribution in [0.5, 0.6) is 5.75 Å². The molecule has 2 rings (SSSR count). The highest BCUT2D eigenvalue weighted by molar-refractivity contribution is 5.93. The minimum atomic E-state index is -0.187. The zero-order valence-corrected chi connectivity index (χ0v) is 10.2. The van der Waals surface area contributed by atoms with E-state index in [2.05, 4.69) is 0 Å². The van der Waals surface area contributed by atoms with Gasteiger partial charge in [-0.05, 0) is 25.1 Å². The van der Waals surface area contributed by atoms with Crippen LogP contribution >= 0.6 is 0 Å². The minimum Gasteiger partial charge on any atom is -0.497 e. The second-order valence-electron chi connectivity index (χ2n) is 3.88. The van der Waals surface area contributed by atoms with Crippen LogP contribution in [0.4, 0.5) is 0 Å². The number of methoxy groups -OCH3 is 1. The average molecular weight is 243 g/mol. The van der Waals surface area contributed by atoms with Crippen molar-refractivity contribution >= 4 is 5.78 Å². The molecule has 0 atom stereocenters. The van der Waals surface area contributed by atoms with Crippen LogP contribution in [0.3, 0.4) is 0 Å². The zero-order valence-electron chi connectivity index (χ0n) is 10.2. The van der Waals surface area contributed by atoms with Gasteiger partial charge in [-0.3, -0.25) is 14.2 Å². The van der Waals surface area contributed by atoms with Gasteiger partial charge in [-0.15, -0.1) is 0 Å². The number of pyridine rings is 1. The van der Waals surface area contributed by atoms with Crippen LogP contribution in [-0.4, -0.2) is 17.5 Å². The van der Waals surface area contributed by atoms with Gasteiger partial charge in [0.05, 0.1) is 12.8 Å².